The van der Waals surface area contributed by atoms with Gasteiger partial charge in [0.05, 0.1) is 43.0 Å². The van der Waals surface area contributed by atoms with Crippen LogP contribution in [0.2, 0.25) is 0 Å². The third kappa shape index (κ3) is 4.07. The number of aromatic nitrogens is 6. The van der Waals surface area contributed by atoms with Crippen molar-refractivity contribution in [2.75, 3.05) is 32.2 Å². The van der Waals surface area contributed by atoms with Crippen molar-refractivity contribution in [1.82, 2.24) is 34.5 Å². The SMILES string of the molecule is [2H]C([2H])([2H])C(=O)N1CC[C@H](Nc2nc(OC)c3c(-c4ccc5nnn([C@@H](C)CF)c5c4)c(F)cn3n2)[C@H](F)C1. The number of alkyl halides is 2. The second-order valence-electron chi connectivity index (χ2n) is 8.64. The van der Waals surface area contributed by atoms with Crippen LogP contribution in [0.3, 0.4) is 0 Å². The Balaban J connectivity index is 1.46. The first kappa shape index (κ1) is 20.3. The van der Waals surface area contributed by atoms with Crippen LogP contribution in [0.4, 0.5) is 19.1 Å². The van der Waals surface area contributed by atoms with Crippen LogP contribution >= 0.6 is 0 Å². The number of hydrogen-bond acceptors (Lipinski definition) is 7. The Morgan fingerprint density at radius 2 is 2.25 bits per heavy atom. The van der Waals surface area contributed by atoms with Crippen LogP contribution < -0.4 is 10.1 Å². The fraction of sp³-hybridized carbons (Fsp3) is 0.435. The summed E-state index contributed by atoms with van der Waals surface area (Å²) in [7, 11) is 1.35. The Morgan fingerprint density at radius 3 is 2.97 bits per heavy atom. The molecule has 4 heterocycles. The number of anilines is 1. The molecule has 13 heteroatoms. The highest BCUT2D eigenvalue weighted by Crippen LogP contribution is 2.35. The van der Waals surface area contributed by atoms with Crippen molar-refractivity contribution in [3.63, 3.8) is 0 Å². The van der Waals surface area contributed by atoms with Gasteiger partial charge in [0.15, 0.2) is 5.82 Å². The highest BCUT2D eigenvalue weighted by atomic mass is 19.1. The van der Waals surface area contributed by atoms with Crippen LogP contribution in [0.25, 0.3) is 27.7 Å². The Kier molecular flexibility index (Phi) is 5.24. The summed E-state index contributed by atoms with van der Waals surface area (Å²) in [5.41, 5.74) is 1.83. The molecule has 36 heavy (non-hydrogen) atoms. The van der Waals surface area contributed by atoms with E-state index < -0.39 is 50.1 Å². The molecule has 0 aliphatic carbocycles. The number of piperidine rings is 1. The molecular weight excluding hydrogens is 477 g/mol. The van der Waals surface area contributed by atoms with Crippen molar-refractivity contribution < 1.29 is 26.8 Å². The molecule has 3 atom stereocenters. The van der Waals surface area contributed by atoms with Gasteiger partial charge >= 0.3 is 0 Å². The lowest BCUT2D eigenvalue weighted by Gasteiger charge is -2.34. The lowest BCUT2D eigenvalue weighted by atomic mass is 10.0. The summed E-state index contributed by atoms with van der Waals surface area (Å²) in [6.45, 7) is -2.21. The van der Waals surface area contributed by atoms with Crippen LogP contribution in [0.5, 0.6) is 5.88 Å². The molecule has 0 bridgehead atoms. The lowest BCUT2D eigenvalue weighted by molar-refractivity contribution is -0.131. The van der Waals surface area contributed by atoms with Gasteiger partial charge in [0.25, 0.3) is 0 Å². The number of methoxy groups -OCH3 is 1. The Hall–Kier alpha value is -3.90. The third-order valence-corrected chi connectivity index (χ3v) is 6.29. The third-order valence-electron chi connectivity index (χ3n) is 6.29. The van der Waals surface area contributed by atoms with E-state index in [1.54, 1.807) is 25.1 Å². The van der Waals surface area contributed by atoms with Gasteiger partial charge in [-0.3, -0.25) is 4.79 Å². The summed E-state index contributed by atoms with van der Waals surface area (Å²) in [4.78, 5) is 17.3. The smallest absolute Gasteiger partial charge is 0.244 e. The van der Waals surface area contributed by atoms with Gasteiger partial charge in [0, 0.05) is 17.5 Å². The molecule has 1 aromatic carbocycles. The molecule has 0 spiro atoms. The summed E-state index contributed by atoms with van der Waals surface area (Å²) in [6, 6.07) is 3.56. The number of halogens is 3. The Morgan fingerprint density at radius 1 is 1.42 bits per heavy atom. The average molecular weight is 506 g/mol. The zero-order valence-corrected chi connectivity index (χ0v) is 19.5. The van der Waals surface area contributed by atoms with Gasteiger partial charge < -0.3 is 15.0 Å². The number of ether oxygens (including phenoxy) is 1. The van der Waals surface area contributed by atoms with Crippen molar-refractivity contribution in [3.05, 3.63) is 30.2 Å². The molecule has 1 aliphatic rings. The van der Waals surface area contributed by atoms with E-state index in [0.29, 0.717) is 16.6 Å². The molecule has 1 N–H and O–H groups in total. The normalized spacial score (nSPS) is 20.7. The summed E-state index contributed by atoms with van der Waals surface area (Å²) in [5.74, 6) is -1.76. The maximum absolute atomic E-state index is 15.3. The molecule has 0 radical (unpaired) electrons. The van der Waals surface area contributed by atoms with Crippen LogP contribution in [-0.4, -0.2) is 79.5 Å². The van der Waals surface area contributed by atoms with Crippen molar-refractivity contribution in [1.29, 1.82) is 0 Å². The number of benzene rings is 1. The molecule has 5 rings (SSSR count). The number of nitrogens with zero attached hydrogens (tertiary/aromatic N) is 7. The first-order chi connectivity index (χ1) is 18.5. The second kappa shape index (κ2) is 9.28. The first-order valence-corrected chi connectivity index (χ1v) is 11.3. The van der Waals surface area contributed by atoms with Gasteiger partial charge in [-0.25, -0.2) is 22.4 Å². The number of carbonyl (C=O) groups is 1. The number of rotatable bonds is 6. The van der Waals surface area contributed by atoms with E-state index >= 15 is 4.39 Å². The minimum Gasteiger partial charge on any atom is -0.479 e. The summed E-state index contributed by atoms with van der Waals surface area (Å²) < 4.78 is 73.4. The molecular formula is C23H25F3N8O2. The summed E-state index contributed by atoms with van der Waals surface area (Å²) >= 11 is 0. The van der Waals surface area contributed by atoms with Gasteiger partial charge in [-0.2, -0.15) is 4.98 Å². The predicted octanol–water partition coefficient (Wildman–Crippen LogP) is 3.19. The van der Waals surface area contributed by atoms with E-state index in [0.717, 1.165) is 11.1 Å². The number of fused-ring (bicyclic) bond motifs is 2. The number of nitrogens with one attached hydrogen (secondary N) is 1. The zero-order chi connectivity index (χ0) is 28.1. The van der Waals surface area contributed by atoms with Crippen LogP contribution in [0.1, 0.15) is 30.4 Å². The quantitative estimate of drug-likeness (QED) is 0.429. The van der Waals surface area contributed by atoms with E-state index in [1.165, 1.54) is 16.3 Å². The standard InChI is InChI=1S/C23H25F3N8O2/c1-12(9-24)34-19-8-14(4-5-18(19)29-31-34)20-16(26)11-33-21(20)22(36-3)28-23(30-33)27-17-6-7-32(13(2)35)10-15(17)25/h4-5,8,11-12,15,17H,6-7,9-10H2,1-3H3,(H,27,30)/t12-,15+,17-/m0/s1/i2D3. The second-order valence-corrected chi connectivity index (χ2v) is 8.64. The summed E-state index contributed by atoms with van der Waals surface area (Å²) in [6.07, 6.45) is -0.352. The molecule has 10 nitrogen and oxygen atoms in total. The monoisotopic (exact) mass is 505 g/mol. The minimum absolute atomic E-state index is 0.0145. The molecule has 0 unspecified atom stereocenters. The first-order valence-electron chi connectivity index (χ1n) is 12.8. The number of likely N-dealkylation sites (tertiary alicyclic amines) is 1. The lowest BCUT2D eigenvalue weighted by Crippen LogP contribution is -2.49. The van der Waals surface area contributed by atoms with Crippen LogP contribution in [-0.2, 0) is 4.79 Å². The van der Waals surface area contributed by atoms with E-state index in [4.69, 9.17) is 8.85 Å². The van der Waals surface area contributed by atoms with E-state index in [2.05, 4.69) is 25.7 Å². The molecule has 0 saturated carbocycles. The van der Waals surface area contributed by atoms with Crippen LogP contribution in [0.15, 0.2) is 24.4 Å². The van der Waals surface area contributed by atoms with E-state index in [9.17, 15) is 13.6 Å². The Labute approximate surface area is 208 Å². The molecule has 3 aromatic heterocycles. The Bertz CT molecular complexity index is 1540. The fourth-order valence-electron chi connectivity index (χ4n) is 4.40. The maximum atomic E-state index is 15.3. The van der Waals surface area contributed by atoms with Crippen molar-refractivity contribution in [2.45, 2.75) is 38.5 Å². The van der Waals surface area contributed by atoms with Gasteiger partial charge in [0.1, 0.15) is 23.9 Å². The minimum atomic E-state index is -2.84. The number of carbonyl (C=O) groups excluding carboxylic acids is 1. The molecule has 4 aromatic rings. The fourth-order valence-corrected chi connectivity index (χ4v) is 4.40. The average Bonchev–Trinajstić information content (AvgIpc) is 3.47. The van der Waals surface area contributed by atoms with Crippen molar-refractivity contribution in [2.24, 2.45) is 0 Å². The highest BCUT2D eigenvalue weighted by molar-refractivity contribution is 5.89. The van der Waals surface area contributed by atoms with Gasteiger partial charge in [-0.15, -0.1) is 10.2 Å². The molecule has 190 valence electrons. The van der Waals surface area contributed by atoms with Crippen molar-refractivity contribution >= 4 is 28.4 Å². The highest BCUT2D eigenvalue weighted by Gasteiger charge is 2.31. The number of amides is 1. The van der Waals surface area contributed by atoms with E-state index in [1.807, 2.05) is 0 Å². The van der Waals surface area contributed by atoms with Gasteiger partial charge in [0.2, 0.25) is 17.7 Å². The van der Waals surface area contributed by atoms with Crippen LogP contribution in [0, 0.1) is 5.82 Å². The van der Waals surface area contributed by atoms with Gasteiger partial charge in [-0.1, -0.05) is 11.3 Å². The maximum Gasteiger partial charge on any atom is 0.244 e. The molecule has 1 amide bonds. The van der Waals surface area contributed by atoms with Gasteiger partial charge in [-0.05, 0) is 31.0 Å². The van der Waals surface area contributed by atoms with E-state index in [-0.39, 0.29) is 35.9 Å². The molecule has 1 fully saturated rings. The van der Waals surface area contributed by atoms with Crippen molar-refractivity contribution in [3.8, 4) is 17.0 Å². The topological polar surface area (TPSA) is 102 Å². The zero-order valence-electron chi connectivity index (χ0n) is 22.5. The number of hydrogen-bond donors (Lipinski definition) is 1. The summed E-state index contributed by atoms with van der Waals surface area (Å²) in [5, 5.41) is 15.2. The molecule has 1 aliphatic heterocycles. The molecule has 1 saturated heterocycles. The predicted molar refractivity (Wildman–Crippen MR) is 126 cm³/mol. The largest absolute Gasteiger partial charge is 0.479 e.